The van der Waals surface area contributed by atoms with Gasteiger partial charge in [0.15, 0.2) is 5.82 Å². The fourth-order valence-corrected chi connectivity index (χ4v) is 3.25. The van der Waals surface area contributed by atoms with Gasteiger partial charge in [-0.3, -0.25) is 4.79 Å². The summed E-state index contributed by atoms with van der Waals surface area (Å²) in [6.07, 6.45) is 4.61. The molecule has 1 aliphatic heterocycles. The Bertz CT molecular complexity index is 768. The van der Waals surface area contributed by atoms with Gasteiger partial charge in [0.25, 0.3) is 5.91 Å². The third kappa shape index (κ3) is 4.74. The van der Waals surface area contributed by atoms with Crippen molar-refractivity contribution in [2.75, 3.05) is 42.9 Å². The zero-order chi connectivity index (χ0) is 18.5. The predicted molar refractivity (Wildman–Crippen MR) is 106 cm³/mol. The fraction of sp³-hybridized carbons (Fsp3) is 0.450. The summed E-state index contributed by atoms with van der Waals surface area (Å²) in [6.45, 7) is 4.76. The maximum atomic E-state index is 12.5. The Kier molecular flexibility index (Phi) is 5.48. The second-order valence-electron chi connectivity index (χ2n) is 7.12. The van der Waals surface area contributed by atoms with Crippen molar-refractivity contribution in [3.63, 3.8) is 0 Å². The van der Waals surface area contributed by atoms with Gasteiger partial charge in [0.2, 0.25) is 0 Å². The minimum Gasteiger partial charge on any atom is -0.369 e. The number of hydrogen-bond donors (Lipinski definition) is 3. The van der Waals surface area contributed by atoms with Crippen LogP contribution in [-0.2, 0) is 6.42 Å². The number of anilines is 2. The number of hydrogen-bond acceptors (Lipinski definition) is 6. The third-order valence-corrected chi connectivity index (χ3v) is 5.00. The predicted octanol–water partition coefficient (Wildman–Crippen LogP) is 1.43. The Balaban J connectivity index is 1.28. The number of piperazine rings is 1. The number of carbonyl (C=O) groups excluding carboxylic acids is 1. The Morgan fingerprint density at radius 2 is 1.93 bits per heavy atom. The molecule has 2 aromatic rings. The van der Waals surface area contributed by atoms with Gasteiger partial charge in [-0.1, -0.05) is 12.1 Å². The van der Waals surface area contributed by atoms with Gasteiger partial charge in [-0.2, -0.15) is 5.10 Å². The van der Waals surface area contributed by atoms with Gasteiger partial charge in [-0.25, -0.2) is 0 Å². The molecule has 7 heteroatoms. The maximum absolute atomic E-state index is 12.5. The van der Waals surface area contributed by atoms with Crippen LogP contribution < -0.4 is 20.9 Å². The van der Waals surface area contributed by atoms with Crippen LogP contribution in [0.1, 0.15) is 28.8 Å². The highest BCUT2D eigenvalue weighted by molar-refractivity contribution is 5.98. The van der Waals surface area contributed by atoms with Crippen LogP contribution in [-0.4, -0.2) is 54.9 Å². The third-order valence-electron chi connectivity index (χ3n) is 5.00. The molecule has 1 amide bonds. The van der Waals surface area contributed by atoms with E-state index < -0.39 is 0 Å². The molecule has 0 spiro atoms. The molecule has 2 aliphatic rings. The summed E-state index contributed by atoms with van der Waals surface area (Å²) >= 11 is 0. The summed E-state index contributed by atoms with van der Waals surface area (Å²) in [7, 11) is 0. The number of benzene rings is 1. The highest BCUT2D eigenvalue weighted by Gasteiger charge is 2.24. The highest BCUT2D eigenvalue weighted by Crippen LogP contribution is 2.25. The Labute approximate surface area is 159 Å². The van der Waals surface area contributed by atoms with Gasteiger partial charge >= 0.3 is 0 Å². The normalized spacial score (nSPS) is 16.8. The fourth-order valence-electron chi connectivity index (χ4n) is 3.25. The Hall–Kier alpha value is -2.67. The van der Waals surface area contributed by atoms with E-state index in [0.29, 0.717) is 24.0 Å². The van der Waals surface area contributed by atoms with Crippen LogP contribution in [0.4, 0.5) is 11.5 Å². The summed E-state index contributed by atoms with van der Waals surface area (Å²) in [6, 6.07) is 10.8. The summed E-state index contributed by atoms with van der Waals surface area (Å²) in [5, 5.41) is 17.6. The molecular formula is C20H26N6O. The van der Waals surface area contributed by atoms with Crippen LogP contribution in [0.3, 0.4) is 0 Å². The van der Waals surface area contributed by atoms with E-state index in [1.165, 1.54) is 11.3 Å². The lowest BCUT2D eigenvalue weighted by Crippen LogP contribution is -2.43. The van der Waals surface area contributed by atoms with E-state index in [2.05, 4.69) is 55.3 Å². The second-order valence-corrected chi connectivity index (χ2v) is 7.12. The van der Waals surface area contributed by atoms with E-state index in [0.717, 1.165) is 45.4 Å². The monoisotopic (exact) mass is 366 g/mol. The van der Waals surface area contributed by atoms with E-state index in [1.54, 1.807) is 12.3 Å². The lowest BCUT2D eigenvalue weighted by Gasteiger charge is -2.29. The number of amides is 1. The molecule has 0 atom stereocenters. The molecule has 1 aromatic heterocycles. The number of nitrogens with zero attached hydrogens (tertiary/aromatic N) is 3. The van der Waals surface area contributed by atoms with Crippen molar-refractivity contribution in [2.45, 2.75) is 25.3 Å². The smallest absolute Gasteiger partial charge is 0.255 e. The van der Waals surface area contributed by atoms with Crippen molar-refractivity contribution in [3.8, 4) is 0 Å². The van der Waals surface area contributed by atoms with Gasteiger partial charge in [-0.05, 0) is 43.0 Å². The number of nitrogens with one attached hydrogen (secondary N) is 3. The van der Waals surface area contributed by atoms with Crippen LogP contribution >= 0.6 is 0 Å². The maximum Gasteiger partial charge on any atom is 0.255 e. The zero-order valence-electron chi connectivity index (χ0n) is 15.4. The quantitative estimate of drug-likeness (QED) is 0.688. The van der Waals surface area contributed by atoms with E-state index >= 15 is 0 Å². The number of aromatic nitrogens is 2. The van der Waals surface area contributed by atoms with E-state index in [1.807, 2.05) is 0 Å². The van der Waals surface area contributed by atoms with Crippen LogP contribution in [0.2, 0.25) is 0 Å². The molecule has 0 bridgehead atoms. The van der Waals surface area contributed by atoms with Crippen molar-refractivity contribution in [3.05, 3.63) is 47.7 Å². The van der Waals surface area contributed by atoms with E-state index in [4.69, 9.17) is 0 Å². The number of rotatable bonds is 7. The second kappa shape index (κ2) is 8.35. The van der Waals surface area contributed by atoms with Gasteiger partial charge in [0.05, 0.1) is 11.8 Å². The van der Waals surface area contributed by atoms with Crippen LogP contribution in [0.15, 0.2) is 36.5 Å². The highest BCUT2D eigenvalue weighted by atomic mass is 16.1. The molecule has 1 aromatic carbocycles. The van der Waals surface area contributed by atoms with E-state index in [-0.39, 0.29) is 5.91 Å². The Morgan fingerprint density at radius 1 is 1.15 bits per heavy atom. The molecule has 0 radical (unpaired) electrons. The van der Waals surface area contributed by atoms with Crippen LogP contribution in [0, 0.1) is 0 Å². The standard InChI is InChI=1S/C20H26N6O/c27-20(18-8-10-23-25-19(18)24-16-3-4-16)22-9-7-15-1-5-17(6-2-15)26-13-11-21-12-14-26/h1-2,5-6,8,10,16,21H,3-4,7,9,11-14H2,(H,22,27)(H,24,25). The zero-order valence-corrected chi connectivity index (χ0v) is 15.4. The van der Waals surface area contributed by atoms with Gasteiger partial charge in [0.1, 0.15) is 0 Å². The largest absolute Gasteiger partial charge is 0.369 e. The minimum atomic E-state index is -0.106. The lowest BCUT2D eigenvalue weighted by molar-refractivity contribution is 0.0954. The van der Waals surface area contributed by atoms with Crippen molar-refractivity contribution in [1.82, 2.24) is 20.8 Å². The average Bonchev–Trinajstić information content (AvgIpc) is 3.53. The molecule has 4 rings (SSSR count). The topological polar surface area (TPSA) is 82.2 Å². The van der Waals surface area contributed by atoms with Gasteiger partial charge in [-0.15, -0.1) is 5.10 Å². The molecule has 27 heavy (non-hydrogen) atoms. The van der Waals surface area contributed by atoms with Gasteiger partial charge in [0, 0.05) is 44.5 Å². The van der Waals surface area contributed by atoms with Crippen molar-refractivity contribution < 1.29 is 4.79 Å². The van der Waals surface area contributed by atoms with Crippen molar-refractivity contribution in [1.29, 1.82) is 0 Å². The summed E-state index contributed by atoms with van der Waals surface area (Å²) in [5.74, 6) is 0.475. The first kappa shape index (κ1) is 17.7. The number of carbonyl (C=O) groups is 1. The SMILES string of the molecule is O=C(NCCc1ccc(N2CCNCC2)cc1)c1ccnnc1NC1CC1. The summed E-state index contributed by atoms with van der Waals surface area (Å²) in [5.41, 5.74) is 3.05. The minimum absolute atomic E-state index is 0.106. The lowest BCUT2D eigenvalue weighted by atomic mass is 10.1. The molecule has 1 saturated carbocycles. The first-order chi connectivity index (χ1) is 13.3. The molecule has 3 N–H and O–H groups in total. The summed E-state index contributed by atoms with van der Waals surface area (Å²) < 4.78 is 0. The first-order valence-electron chi connectivity index (χ1n) is 9.70. The summed E-state index contributed by atoms with van der Waals surface area (Å²) in [4.78, 5) is 14.9. The molecule has 0 unspecified atom stereocenters. The average molecular weight is 366 g/mol. The van der Waals surface area contributed by atoms with E-state index in [9.17, 15) is 4.79 Å². The van der Waals surface area contributed by atoms with Gasteiger partial charge < -0.3 is 20.9 Å². The van der Waals surface area contributed by atoms with Crippen molar-refractivity contribution in [2.24, 2.45) is 0 Å². The molecule has 2 heterocycles. The van der Waals surface area contributed by atoms with Crippen molar-refractivity contribution >= 4 is 17.4 Å². The Morgan fingerprint density at radius 3 is 2.67 bits per heavy atom. The molecular weight excluding hydrogens is 340 g/mol. The molecule has 1 saturated heterocycles. The first-order valence-corrected chi connectivity index (χ1v) is 9.70. The molecule has 2 fully saturated rings. The van der Waals surface area contributed by atoms with Crippen LogP contribution in [0.5, 0.6) is 0 Å². The van der Waals surface area contributed by atoms with Crippen LogP contribution in [0.25, 0.3) is 0 Å². The molecule has 7 nitrogen and oxygen atoms in total. The molecule has 142 valence electrons. The molecule has 1 aliphatic carbocycles.